The Morgan fingerprint density at radius 3 is 1.73 bits per heavy atom. The molecule has 204 valence electrons. The van der Waals surface area contributed by atoms with E-state index in [0.717, 1.165) is 6.20 Å². The minimum absolute atomic E-state index is 0.0946. The van der Waals surface area contributed by atoms with Gasteiger partial charge in [-0.05, 0) is 37.5 Å². The van der Waals surface area contributed by atoms with E-state index in [-0.39, 0.29) is 22.9 Å². The summed E-state index contributed by atoms with van der Waals surface area (Å²) in [6, 6.07) is 2.84. The van der Waals surface area contributed by atoms with Gasteiger partial charge in [0.2, 0.25) is 0 Å². The van der Waals surface area contributed by atoms with Crippen molar-refractivity contribution in [2.45, 2.75) is 38.5 Å². The fourth-order valence-corrected chi connectivity index (χ4v) is 3.26. The van der Waals surface area contributed by atoms with Gasteiger partial charge in [0.05, 0.1) is 47.4 Å². The summed E-state index contributed by atoms with van der Waals surface area (Å²) in [5.41, 5.74) is 0.308. The summed E-state index contributed by atoms with van der Waals surface area (Å²) in [6.45, 7) is 1.09. The zero-order valence-corrected chi connectivity index (χ0v) is 21.8. The van der Waals surface area contributed by atoms with Gasteiger partial charge in [0.25, 0.3) is 0 Å². The molecule has 0 bridgehead atoms. The van der Waals surface area contributed by atoms with Crippen molar-refractivity contribution in [3.05, 3.63) is 35.9 Å². The maximum absolute atomic E-state index is 11.3. The number of nitrogens with zero attached hydrogens (tertiary/aromatic N) is 2. The van der Waals surface area contributed by atoms with Crippen molar-refractivity contribution in [3.63, 3.8) is 0 Å². The summed E-state index contributed by atoms with van der Waals surface area (Å²) in [6.07, 6.45) is 10.2. The molecular formula is C26H36N2O9. The molecule has 11 heteroatoms. The number of aromatic nitrogens is 2. The summed E-state index contributed by atoms with van der Waals surface area (Å²) in [7, 11) is 5.49. The first-order valence-electron chi connectivity index (χ1n) is 12.0. The predicted octanol–water partition coefficient (Wildman–Crippen LogP) is 3.42. The van der Waals surface area contributed by atoms with Crippen LogP contribution in [0.2, 0.25) is 0 Å². The number of ether oxygens (including phenoxy) is 5. The minimum atomic E-state index is -0.571. The Balaban J connectivity index is 0.000000220. The molecule has 2 N–H and O–H groups in total. The molecule has 4 rings (SSSR count). The smallest absolute Gasteiger partial charge is 0.356 e. The van der Waals surface area contributed by atoms with Gasteiger partial charge in [-0.3, -0.25) is 0 Å². The molecule has 0 aromatic carbocycles. The quantitative estimate of drug-likeness (QED) is 0.494. The fourth-order valence-electron chi connectivity index (χ4n) is 3.26. The van der Waals surface area contributed by atoms with Crippen molar-refractivity contribution in [2.24, 2.45) is 11.8 Å². The number of aliphatic hydroxyl groups is 1. The van der Waals surface area contributed by atoms with E-state index in [9.17, 15) is 9.59 Å². The van der Waals surface area contributed by atoms with Gasteiger partial charge >= 0.3 is 11.9 Å². The second-order valence-corrected chi connectivity index (χ2v) is 8.53. The van der Waals surface area contributed by atoms with Gasteiger partial charge in [-0.2, -0.15) is 0 Å². The van der Waals surface area contributed by atoms with Crippen molar-refractivity contribution in [1.82, 2.24) is 9.97 Å². The van der Waals surface area contributed by atoms with Crippen molar-refractivity contribution >= 4 is 11.9 Å². The highest BCUT2D eigenvalue weighted by Gasteiger charge is 2.20. The summed E-state index contributed by atoms with van der Waals surface area (Å²) >= 11 is 0. The molecule has 0 atom stereocenters. The van der Waals surface area contributed by atoms with E-state index in [1.54, 1.807) is 0 Å². The Labute approximate surface area is 216 Å². The van der Waals surface area contributed by atoms with Crippen LogP contribution in [0.15, 0.2) is 24.5 Å². The Morgan fingerprint density at radius 1 is 0.811 bits per heavy atom. The van der Waals surface area contributed by atoms with Crippen molar-refractivity contribution in [3.8, 4) is 23.0 Å². The molecule has 0 unspecified atom stereocenters. The first-order valence-corrected chi connectivity index (χ1v) is 12.0. The average Bonchev–Trinajstić information content (AvgIpc) is 2.87. The van der Waals surface area contributed by atoms with Crippen LogP contribution in [-0.4, -0.2) is 73.8 Å². The first kappa shape index (κ1) is 29.6. The molecule has 2 aromatic heterocycles. The third kappa shape index (κ3) is 9.09. The number of carbonyl (C=O) groups excluding carboxylic acids is 2. The lowest BCUT2D eigenvalue weighted by Gasteiger charge is -2.25. The SMILES string of the molecule is COC(=O)c1cc(OC)c(O)cn1.COC(=O)c1cc(OC)c(OCC2CCC2)cn1.OCC1CCC1. The maximum atomic E-state index is 11.3. The summed E-state index contributed by atoms with van der Waals surface area (Å²) in [5, 5.41) is 17.5. The molecule has 0 spiro atoms. The largest absolute Gasteiger partial charge is 0.503 e. The number of pyridine rings is 2. The van der Waals surface area contributed by atoms with Crippen LogP contribution < -0.4 is 14.2 Å². The predicted molar refractivity (Wildman–Crippen MR) is 133 cm³/mol. The van der Waals surface area contributed by atoms with E-state index >= 15 is 0 Å². The molecule has 2 aromatic rings. The second kappa shape index (κ2) is 15.5. The number of aliphatic hydroxyl groups excluding tert-OH is 1. The monoisotopic (exact) mass is 520 g/mol. The van der Waals surface area contributed by atoms with Gasteiger partial charge < -0.3 is 33.9 Å². The van der Waals surface area contributed by atoms with Gasteiger partial charge in [0, 0.05) is 18.7 Å². The van der Waals surface area contributed by atoms with Gasteiger partial charge in [-0.15, -0.1) is 0 Å². The molecule has 2 aliphatic rings. The van der Waals surface area contributed by atoms with E-state index in [1.165, 1.54) is 85.3 Å². The van der Waals surface area contributed by atoms with Gasteiger partial charge in [0.15, 0.2) is 34.4 Å². The van der Waals surface area contributed by atoms with Gasteiger partial charge in [-0.1, -0.05) is 12.8 Å². The van der Waals surface area contributed by atoms with Gasteiger partial charge in [-0.25, -0.2) is 19.6 Å². The van der Waals surface area contributed by atoms with Crippen LogP contribution in [0.25, 0.3) is 0 Å². The second-order valence-electron chi connectivity index (χ2n) is 8.53. The Kier molecular flexibility index (Phi) is 12.4. The van der Waals surface area contributed by atoms with E-state index in [0.29, 0.717) is 36.5 Å². The van der Waals surface area contributed by atoms with Crippen LogP contribution in [0.1, 0.15) is 59.5 Å². The third-order valence-electron chi connectivity index (χ3n) is 6.09. The number of carbonyl (C=O) groups is 2. The lowest BCUT2D eigenvalue weighted by molar-refractivity contribution is 0.0584. The number of hydrogen-bond donors (Lipinski definition) is 2. The molecular weight excluding hydrogens is 484 g/mol. The number of hydrogen-bond acceptors (Lipinski definition) is 11. The standard InChI is InChI=1S/C13H17NO4.C8H9NO4.C5H10O/c1-16-11-6-10(13(15)17-2)14-7-12(11)18-8-9-4-3-5-9;1-12-7-3-5(8(11)13-2)9-4-6(7)10;6-4-5-2-1-3-5/h6-7,9H,3-5,8H2,1-2H3;3-4,10H,1-2H3;5-6H,1-4H2. The van der Waals surface area contributed by atoms with Crippen molar-refractivity contribution in [2.75, 3.05) is 41.7 Å². The zero-order chi connectivity index (χ0) is 27.2. The Hall–Kier alpha value is -3.60. The lowest BCUT2D eigenvalue weighted by atomic mass is 9.86. The van der Waals surface area contributed by atoms with Crippen LogP contribution in [0.5, 0.6) is 23.0 Å². The minimum Gasteiger partial charge on any atom is -0.503 e. The fraction of sp³-hybridized carbons (Fsp3) is 0.538. The normalized spacial score (nSPS) is 14.3. The molecule has 2 heterocycles. The summed E-state index contributed by atoms with van der Waals surface area (Å²) in [4.78, 5) is 30.0. The number of rotatable bonds is 8. The van der Waals surface area contributed by atoms with Gasteiger partial charge in [0.1, 0.15) is 0 Å². The number of aromatic hydroxyl groups is 1. The molecule has 11 nitrogen and oxygen atoms in total. The number of methoxy groups -OCH3 is 4. The van der Waals surface area contributed by atoms with Crippen molar-refractivity contribution in [1.29, 1.82) is 0 Å². The number of esters is 2. The zero-order valence-electron chi connectivity index (χ0n) is 21.8. The van der Waals surface area contributed by atoms with Crippen LogP contribution in [0.4, 0.5) is 0 Å². The van der Waals surface area contributed by atoms with Crippen LogP contribution in [-0.2, 0) is 9.47 Å². The third-order valence-corrected chi connectivity index (χ3v) is 6.09. The summed E-state index contributed by atoms with van der Waals surface area (Å²) < 4.78 is 24.7. The highest BCUT2D eigenvalue weighted by molar-refractivity contribution is 5.88. The van der Waals surface area contributed by atoms with Crippen LogP contribution in [0.3, 0.4) is 0 Å². The molecule has 0 aliphatic heterocycles. The van der Waals surface area contributed by atoms with E-state index in [2.05, 4.69) is 19.4 Å². The van der Waals surface area contributed by atoms with E-state index in [1.807, 2.05) is 0 Å². The molecule has 37 heavy (non-hydrogen) atoms. The molecule has 0 saturated heterocycles. The highest BCUT2D eigenvalue weighted by Crippen LogP contribution is 2.31. The Bertz CT molecular complexity index is 1000. The van der Waals surface area contributed by atoms with Crippen LogP contribution in [0, 0.1) is 11.8 Å². The molecule has 2 aliphatic carbocycles. The van der Waals surface area contributed by atoms with Crippen molar-refractivity contribution < 1.29 is 43.5 Å². The maximum Gasteiger partial charge on any atom is 0.356 e. The molecule has 0 amide bonds. The molecule has 2 fully saturated rings. The first-order chi connectivity index (χ1) is 17.9. The van der Waals surface area contributed by atoms with E-state index < -0.39 is 11.9 Å². The van der Waals surface area contributed by atoms with E-state index in [4.69, 9.17) is 24.4 Å². The highest BCUT2D eigenvalue weighted by atomic mass is 16.5. The summed E-state index contributed by atoms with van der Waals surface area (Å²) in [5.74, 6) is 1.39. The average molecular weight is 521 g/mol. The van der Waals surface area contributed by atoms with Crippen LogP contribution >= 0.6 is 0 Å². The lowest BCUT2D eigenvalue weighted by Crippen LogP contribution is -2.19. The Morgan fingerprint density at radius 2 is 1.32 bits per heavy atom. The topological polar surface area (TPSA) is 147 Å². The molecule has 0 radical (unpaired) electrons. The molecule has 2 saturated carbocycles.